The topological polar surface area (TPSA) is 73.7 Å². The molecule has 1 aliphatic rings. The molecule has 0 spiro atoms. The van der Waals surface area contributed by atoms with Crippen LogP contribution in [0.3, 0.4) is 0 Å². The van der Waals surface area contributed by atoms with Gasteiger partial charge in [-0.2, -0.15) is 0 Å². The van der Waals surface area contributed by atoms with E-state index in [2.05, 4.69) is 53.9 Å². The van der Waals surface area contributed by atoms with E-state index >= 15 is 0 Å². The number of nitrogens with zero attached hydrogens (tertiary/aromatic N) is 4. The summed E-state index contributed by atoms with van der Waals surface area (Å²) in [6.45, 7) is 6.89. The van der Waals surface area contributed by atoms with Gasteiger partial charge in [-0.15, -0.1) is 0 Å². The minimum Gasteiger partial charge on any atom is -0.459 e. The molecule has 0 radical (unpaired) electrons. The third kappa shape index (κ3) is 6.77. The lowest BCUT2D eigenvalue weighted by Gasteiger charge is -2.37. The van der Waals surface area contributed by atoms with Crippen LogP contribution in [0.2, 0.25) is 0 Å². The number of amides is 1. The molecule has 0 bridgehead atoms. The molecule has 0 fully saturated rings. The molecule has 1 atom stereocenters. The minimum absolute atomic E-state index is 0.164. The first kappa shape index (κ1) is 28.4. The second-order valence-corrected chi connectivity index (χ2v) is 11.4. The van der Waals surface area contributed by atoms with E-state index in [-0.39, 0.29) is 19.9 Å². The van der Waals surface area contributed by atoms with E-state index < -0.39 is 12.1 Å². The molecule has 2 aromatic carbocycles. The lowest BCUT2D eigenvalue weighted by molar-refractivity contribution is -0.940. The van der Waals surface area contributed by atoms with Gasteiger partial charge in [-0.25, -0.2) is 4.79 Å². The number of hydrogen-bond donors (Lipinski definition) is 0. The Morgan fingerprint density at radius 1 is 1.02 bits per heavy atom. The Morgan fingerprint density at radius 3 is 2.59 bits per heavy atom. The van der Waals surface area contributed by atoms with Crippen molar-refractivity contribution < 1.29 is 23.5 Å². The number of fused-ring (bicyclic) bond motifs is 3. The average molecular weight is 556 g/mol. The van der Waals surface area contributed by atoms with Crippen molar-refractivity contribution in [1.82, 2.24) is 14.5 Å². The van der Waals surface area contributed by atoms with Crippen LogP contribution in [0, 0.1) is 13.8 Å². The third-order valence-corrected chi connectivity index (χ3v) is 7.89. The number of carbonyl (C=O) groups is 2. The molecular formula is C33H39N4O4+. The van der Waals surface area contributed by atoms with Crippen LogP contribution in [-0.2, 0) is 46.8 Å². The summed E-state index contributed by atoms with van der Waals surface area (Å²) in [4.78, 5) is 30.8. The van der Waals surface area contributed by atoms with Crippen molar-refractivity contribution in [2.75, 3.05) is 33.9 Å². The minimum atomic E-state index is -0.531. The van der Waals surface area contributed by atoms with E-state index in [0.29, 0.717) is 4.48 Å². The Morgan fingerprint density at radius 2 is 1.83 bits per heavy atom. The molecule has 0 N–H and O–H groups in total. The van der Waals surface area contributed by atoms with Crippen molar-refractivity contribution in [2.24, 2.45) is 0 Å². The monoisotopic (exact) mass is 555 g/mol. The molecule has 8 heteroatoms. The van der Waals surface area contributed by atoms with E-state index in [4.69, 9.17) is 9.47 Å². The van der Waals surface area contributed by atoms with Gasteiger partial charge in [0.1, 0.15) is 19.7 Å². The number of aromatic nitrogens is 2. The first-order valence-electron chi connectivity index (χ1n) is 14.1. The van der Waals surface area contributed by atoms with E-state index in [1.165, 1.54) is 38.2 Å². The van der Waals surface area contributed by atoms with Crippen molar-refractivity contribution in [3.05, 3.63) is 101 Å². The fourth-order valence-electron chi connectivity index (χ4n) is 5.51. The van der Waals surface area contributed by atoms with Gasteiger partial charge in [0.15, 0.2) is 0 Å². The van der Waals surface area contributed by atoms with Gasteiger partial charge in [-0.05, 0) is 49.6 Å². The molecule has 1 unspecified atom stereocenters. The maximum atomic E-state index is 12.8. The Hall–Kier alpha value is -4.17. The van der Waals surface area contributed by atoms with Crippen LogP contribution in [0.15, 0.2) is 66.9 Å². The predicted molar refractivity (Wildman–Crippen MR) is 158 cm³/mol. The number of pyridine rings is 1. The van der Waals surface area contributed by atoms with Gasteiger partial charge in [0.25, 0.3) is 0 Å². The quantitative estimate of drug-likeness (QED) is 0.211. The molecule has 3 heterocycles. The van der Waals surface area contributed by atoms with E-state index in [9.17, 15) is 9.59 Å². The van der Waals surface area contributed by atoms with Crippen LogP contribution in [0.5, 0.6) is 0 Å². The number of hydrogen-bond acceptors (Lipinski definition) is 5. The third-order valence-electron chi connectivity index (χ3n) is 7.89. The summed E-state index contributed by atoms with van der Waals surface area (Å²) in [6.07, 6.45) is 3.25. The molecule has 1 amide bonds. The smallest absolute Gasteiger partial charge is 0.414 e. The zero-order valence-electron chi connectivity index (χ0n) is 24.4. The van der Waals surface area contributed by atoms with Crippen LogP contribution in [0.4, 0.5) is 4.79 Å². The van der Waals surface area contributed by atoms with E-state index in [1.54, 1.807) is 7.05 Å². The number of ether oxygens (including phenoxy) is 2. The fourth-order valence-corrected chi connectivity index (χ4v) is 5.51. The molecule has 8 nitrogen and oxygen atoms in total. The first-order chi connectivity index (χ1) is 19.7. The standard InChI is InChI=1S/C33H39N4O4/c1-24-10-13-30-28(18-24)29-21-37(4,17-15-31(29)36(30)16-14-26-12-11-25(2)34-19-26)23-41-33(39)35(3)20-32(38)40-22-27-8-6-5-7-9-27/h5-13,18-19H,14-17,20-23H2,1-4H3/q+1. The van der Waals surface area contributed by atoms with Crippen LogP contribution in [0.1, 0.15) is 33.6 Å². The van der Waals surface area contributed by atoms with E-state index in [0.717, 1.165) is 43.7 Å². The van der Waals surface area contributed by atoms with Gasteiger partial charge in [-0.1, -0.05) is 48.0 Å². The van der Waals surface area contributed by atoms with E-state index in [1.807, 2.05) is 43.5 Å². The van der Waals surface area contributed by atoms with Gasteiger partial charge in [-0.3, -0.25) is 14.3 Å². The van der Waals surface area contributed by atoms with Crippen LogP contribution < -0.4 is 0 Å². The summed E-state index contributed by atoms with van der Waals surface area (Å²) < 4.78 is 14.1. The highest BCUT2D eigenvalue weighted by atomic mass is 16.6. The highest BCUT2D eigenvalue weighted by Crippen LogP contribution is 2.34. The number of quaternary nitrogens is 1. The summed E-state index contributed by atoms with van der Waals surface area (Å²) in [5.74, 6) is -0.471. The first-order valence-corrected chi connectivity index (χ1v) is 14.1. The van der Waals surface area contributed by atoms with Crippen molar-refractivity contribution in [1.29, 1.82) is 0 Å². The molecule has 5 rings (SSSR count). The van der Waals surface area contributed by atoms with Gasteiger partial charge in [0.05, 0.1) is 13.6 Å². The SMILES string of the molecule is Cc1ccc2c(c1)c1c(n2CCc2ccc(C)nc2)CC[N+](C)(COC(=O)N(C)CC(=O)OCc2ccccc2)C1. The highest BCUT2D eigenvalue weighted by Gasteiger charge is 2.34. The van der Waals surface area contributed by atoms with Crippen LogP contribution >= 0.6 is 0 Å². The summed E-state index contributed by atoms with van der Waals surface area (Å²) in [6, 6.07) is 20.4. The van der Waals surface area contributed by atoms with Gasteiger partial charge >= 0.3 is 12.1 Å². The fraction of sp³-hybridized carbons (Fsp3) is 0.364. The zero-order valence-corrected chi connectivity index (χ0v) is 24.4. The van der Waals surface area contributed by atoms with Crippen molar-refractivity contribution in [3.8, 4) is 0 Å². The lowest BCUT2D eigenvalue weighted by Crippen LogP contribution is -2.50. The number of aryl methyl sites for hydroxylation is 4. The average Bonchev–Trinajstić information content (AvgIpc) is 3.26. The Balaban J connectivity index is 1.22. The summed E-state index contributed by atoms with van der Waals surface area (Å²) in [5, 5.41) is 1.27. The predicted octanol–water partition coefficient (Wildman–Crippen LogP) is 5.17. The number of benzene rings is 2. The number of likely N-dealkylation sites (N-methyl/N-ethyl adjacent to an activating group) is 2. The highest BCUT2D eigenvalue weighted by molar-refractivity contribution is 5.86. The summed E-state index contributed by atoms with van der Waals surface area (Å²) in [5.41, 5.74) is 8.33. The van der Waals surface area contributed by atoms with Crippen LogP contribution in [0.25, 0.3) is 10.9 Å². The largest absolute Gasteiger partial charge is 0.459 e. The second-order valence-electron chi connectivity index (χ2n) is 11.4. The molecule has 0 saturated heterocycles. The van der Waals surface area contributed by atoms with Crippen molar-refractivity contribution >= 4 is 23.0 Å². The molecule has 0 aliphatic carbocycles. The Kier molecular flexibility index (Phi) is 8.40. The molecule has 41 heavy (non-hydrogen) atoms. The Bertz CT molecular complexity index is 1530. The molecule has 214 valence electrons. The normalized spacial score (nSPS) is 16.3. The summed E-state index contributed by atoms with van der Waals surface area (Å²) in [7, 11) is 3.68. The molecular weight excluding hydrogens is 516 g/mol. The number of esters is 1. The van der Waals surface area contributed by atoms with Crippen molar-refractivity contribution in [3.63, 3.8) is 0 Å². The molecule has 0 saturated carbocycles. The van der Waals surface area contributed by atoms with Crippen LogP contribution in [-0.4, -0.2) is 64.9 Å². The summed E-state index contributed by atoms with van der Waals surface area (Å²) >= 11 is 0. The Labute approximate surface area is 241 Å². The number of rotatable bonds is 9. The number of carbonyl (C=O) groups excluding carboxylic acids is 2. The molecule has 2 aromatic heterocycles. The lowest BCUT2D eigenvalue weighted by atomic mass is 10.0. The van der Waals surface area contributed by atoms with Gasteiger partial charge in [0.2, 0.25) is 6.73 Å². The van der Waals surface area contributed by atoms with Gasteiger partial charge < -0.3 is 18.9 Å². The van der Waals surface area contributed by atoms with Crippen molar-refractivity contribution in [2.45, 2.75) is 46.4 Å². The zero-order chi connectivity index (χ0) is 29.0. The molecule has 1 aliphatic heterocycles. The second kappa shape index (κ2) is 12.1. The molecule has 4 aromatic rings. The van der Waals surface area contributed by atoms with Gasteiger partial charge in [0, 0.05) is 54.1 Å². The maximum Gasteiger partial charge on any atom is 0.414 e. The maximum absolute atomic E-state index is 12.8.